The number of rotatable bonds is 8. The van der Waals surface area contributed by atoms with Crippen LogP contribution < -0.4 is 30.2 Å². The van der Waals surface area contributed by atoms with Crippen LogP contribution in [-0.4, -0.2) is 54.9 Å². The molecular weight excluding hydrogens is 564 g/mol. The molecule has 0 bridgehead atoms. The van der Waals surface area contributed by atoms with Crippen molar-refractivity contribution in [1.82, 2.24) is 10.3 Å². The van der Waals surface area contributed by atoms with E-state index in [-0.39, 0.29) is 25.0 Å². The monoisotopic (exact) mass is 598 g/mol. The van der Waals surface area contributed by atoms with Gasteiger partial charge in [0.15, 0.2) is 11.5 Å². The summed E-state index contributed by atoms with van der Waals surface area (Å²) in [5.74, 6) is 0.914. The number of carbonyl (C=O) groups is 3. The van der Waals surface area contributed by atoms with Gasteiger partial charge in [0.1, 0.15) is 25.4 Å². The van der Waals surface area contributed by atoms with Gasteiger partial charge in [-0.25, -0.2) is 9.78 Å². The number of carbonyl (C=O) groups excluding carboxylic acids is 3. The number of aromatic nitrogens is 1. The van der Waals surface area contributed by atoms with E-state index >= 15 is 0 Å². The van der Waals surface area contributed by atoms with E-state index in [1.54, 1.807) is 75.4 Å². The lowest BCUT2D eigenvalue weighted by Gasteiger charge is -2.19. The quantitative estimate of drug-likeness (QED) is 0.219. The summed E-state index contributed by atoms with van der Waals surface area (Å²) in [5.41, 5.74) is 2.88. The number of hydrogen-bond acceptors (Lipinski definition) is 8. The second kappa shape index (κ2) is 12.9. The molecule has 44 heavy (non-hydrogen) atoms. The largest absolute Gasteiger partial charge is 0.486 e. The minimum Gasteiger partial charge on any atom is -0.486 e. The number of alkyl carbamates (subject to hydrolysis) is 1. The Hall–Kier alpha value is -5.32. The Morgan fingerprint density at radius 2 is 1.57 bits per heavy atom. The second-order valence-electron chi connectivity index (χ2n) is 11.1. The van der Waals surface area contributed by atoms with E-state index in [9.17, 15) is 14.4 Å². The maximum atomic E-state index is 13.2. The van der Waals surface area contributed by atoms with Crippen LogP contribution in [-0.2, 0) is 4.74 Å². The Kier molecular flexibility index (Phi) is 8.84. The van der Waals surface area contributed by atoms with Gasteiger partial charge in [-0.05, 0) is 87.9 Å². The van der Waals surface area contributed by atoms with E-state index in [1.165, 1.54) is 0 Å². The fraction of sp³-hybridized carbons (Fsp3) is 0.273. The number of nitrogens with zero attached hydrogens (tertiary/aromatic N) is 1. The van der Waals surface area contributed by atoms with Gasteiger partial charge in [0, 0.05) is 34.0 Å². The number of hydrogen-bond donors (Lipinski definition) is 3. The zero-order valence-electron chi connectivity index (χ0n) is 25.0. The Labute approximate surface area is 254 Å². The molecule has 4 aromatic rings. The van der Waals surface area contributed by atoms with Gasteiger partial charge in [-0.15, -0.1) is 0 Å². The third kappa shape index (κ3) is 7.74. The molecule has 0 fully saturated rings. The van der Waals surface area contributed by atoms with Crippen LogP contribution in [0.2, 0.25) is 0 Å². The van der Waals surface area contributed by atoms with Crippen molar-refractivity contribution >= 4 is 40.2 Å². The molecule has 5 rings (SSSR count). The normalized spacial score (nSPS) is 12.3. The average Bonchev–Trinajstić information content (AvgIpc) is 2.99. The van der Waals surface area contributed by atoms with Gasteiger partial charge in [-0.3, -0.25) is 9.59 Å². The number of amides is 3. The molecule has 228 valence electrons. The minimum absolute atomic E-state index is 0.216. The highest BCUT2D eigenvalue weighted by Crippen LogP contribution is 2.31. The van der Waals surface area contributed by atoms with Gasteiger partial charge < -0.3 is 34.9 Å². The molecule has 11 nitrogen and oxygen atoms in total. The Morgan fingerprint density at radius 1 is 0.841 bits per heavy atom. The third-order valence-electron chi connectivity index (χ3n) is 6.49. The molecule has 0 atom stereocenters. The maximum absolute atomic E-state index is 13.2. The number of benzene rings is 3. The topological polar surface area (TPSA) is 137 Å². The van der Waals surface area contributed by atoms with E-state index in [1.807, 2.05) is 19.1 Å². The molecule has 0 radical (unpaired) electrons. The molecule has 1 aliphatic rings. The lowest BCUT2D eigenvalue weighted by molar-refractivity contribution is 0.0519. The van der Waals surface area contributed by atoms with Crippen LogP contribution in [0.4, 0.5) is 16.2 Å². The number of nitrogens with one attached hydrogen (secondary N) is 3. The Balaban J connectivity index is 1.19. The van der Waals surface area contributed by atoms with Gasteiger partial charge in [-0.2, -0.15) is 0 Å². The van der Waals surface area contributed by atoms with Crippen molar-refractivity contribution in [3.63, 3.8) is 0 Å². The number of aryl methyl sites for hydroxylation is 1. The predicted molar refractivity (Wildman–Crippen MR) is 166 cm³/mol. The number of pyridine rings is 1. The zero-order chi connectivity index (χ0) is 31.3. The highest BCUT2D eigenvalue weighted by atomic mass is 16.6. The number of fused-ring (bicyclic) bond motifs is 2. The van der Waals surface area contributed by atoms with Crippen LogP contribution in [0.15, 0.2) is 66.7 Å². The first kappa shape index (κ1) is 30.1. The molecule has 1 aliphatic heterocycles. The molecule has 0 spiro atoms. The summed E-state index contributed by atoms with van der Waals surface area (Å²) in [6.07, 6.45) is -0.512. The van der Waals surface area contributed by atoms with Crippen molar-refractivity contribution in [2.75, 3.05) is 37.0 Å². The summed E-state index contributed by atoms with van der Waals surface area (Å²) in [6, 6.07) is 19.0. The van der Waals surface area contributed by atoms with E-state index in [4.69, 9.17) is 18.9 Å². The van der Waals surface area contributed by atoms with Gasteiger partial charge >= 0.3 is 6.09 Å². The van der Waals surface area contributed by atoms with Gasteiger partial charge in [-0.1, -0.05) is 6.07 Å². The molecule has 0 saturated carbocycles. The van der Waals surface area contributed by atoms with Crippen molar-refractivity contribution < 1.29 is 33.3 Å². The van der Waals surface area contributed by atoms with Crippen molar-refractivity contribution in [2.24, 2.45) is 0 Å². The second-order valence-corrected chi connectivity index (χ2v) is 11.1. The van der Waals surface area contributed by atoms with Crippen LogP contribution in [0.3, 0.4) is 0 Å². The molecule has 3 amide bonds. The molecule has 0 saturated heterocycles. The highest BCUT2D eigenvalue weighted by Gasteiger charge is 2.17. The minimum atomic E-state index is -0.573. The first-order chi connectivity index (χ1) is 21.0. The van der Waals surface area contributed by atoms with E-state index < -0.39 is 11.7 Å². The standard InChI is InChI=1S/C33H34N4O7/c1-20-5-9-24(35-30(38)23-7-11-27-28(18-23)42-16-15-41-27)19-26(20)37-31(39)22-6-10-25-21(17-22)8-12-29(36-25)43-14-13-34-32(40)44-33(2,3)4/h5-12,17-19H,13-16H2,1-4H3,(H,34,40)(H,35,38)(H,37,39). The van der Waals surface area contributed by atoms with Crippen LogP contribution in [0.5, 0.6) is 17.4 Å². The number of ether oxygens (including phenoxy) is 4. The van der Waals surface area contributed by atoms with Crippen LogP contribution in [0.25, 0.3) is 10.9 Å². The van der Waals surface area contributed by atoms with Crippen LogP contribution in [0.1, 0.15) is 47.1 Å². The van der Waals surface area contributed by atoms with Crippen molar-refractivity contribution in [3.8, 4) is 17.4 Å². The van der Waals surface area contributed by atoms with Gasteiger partial charge in [0.25, 0.3) is 11.8 Å². The summed E-state index contributed by atoms with van der Waals surface area (Å²) >= 11 is 0. The summed E-state index contributed by atoms with van der Waals surface area (Å²) in [5, 5.41) is 9.20. The van der Waals surface area contributed by atoms with Crippen molar-refractivity contribution in [1.29, 1.82) is 0 Å². The fourth-order valence-corrected chi connectivity index (χ4v) is 4.37. The average molecular weight is 599 g/mol. The van der Waals surface area contributed by atoms with E-state index in [0.29, 0.717) is 58.6 Å². The molecule has 3 N–H and O–H groups in total. The molecule has 1 aromatic heterocycles. The van der Waals surface area contributed by atoms with Crippen molar-refractivity contribution in [3.05, 3.63) is 83.4 Å². The molecule has 0 unspecified atom stereocenters. The summed E-state index contributed by atoms with van der Waals surface area (Å²) in [4.78, 5) is 42.3. The molecule has 0 aliphatic carbocycles. The predicted octanol–water partition coefficient (Wildman–Crippen LogP) is 5.72. The molecule has 3 aromatic carbocycles. The first-order valence-corrected chi connectivity index (χ1v) is 14.2. The van der Waals surface area contributed by atoms with Crippen molar-refractivity contribution in [2.45, 2.75) is 33.3 Å². The zero-order valence-corrected chi connectivity index (χ0v) is 25.0. The first-order valence-electron chi connectivity index (χ1n) is 14.2. The lowest BCUT2D eigenvalue weighted by Crippen LogP contribution is -2.34. The molecule has 2 heterocycles. The molecule has 11 heteroatoms. The summed E-state index contributed by atoms with van der Waals surface area (Å²) < 4.78 is 22.0. The summed E-state index contributed by atoms with van der Waals surface area (Å²) in [7, 11) is 0. The lowest BCUT2D eigenvalue weighted by atomic mass is 10.1. The summed E-state index contributed by atoms with van der Waals surface area (Å²) in [6.45, 7) is 8.63. The van der Waals surface area contributed by atoms with Gasteiger partial charge in [0.05, 0.1) is 12.1 Å². The van der Waals surface area contributed by atoms with E-state index in [0.717, 1.165) is 10.9 Å². The Morgan fingerprint density at radius 3 is 2.36 bits per heavy atom. The van der Waals surface area contributed by atoms with Crippen LogP contribution >= 0.6 is 0 Å². The third-order valence-corrected chi connectivity index (χ3v) is 6.49. The van der Waals surface area contributed by atoms with E-state index in [2.05, 4.69) is 20.9 Å². The maximum Gasteiger partial charge on any atom is 0.407 e. The fourth-order valence-electron chi connectivity index (χ4n) is 4.37. The molecular formula is C33H34N4O7. The highest BCUT2D eigenvalue weighted by molar-refractivity contribution is 6.08. The smallest absolute Gasteiger partial charge is 0.407 e. The van der Waals surface area contributed by atoms with Crippen LogP contribution in [0, 0.1) is 6.92 Å². The SMILES string of the molecule is Cc1ccc(NC(=O)c2ccc3c(c2)OCCO3)cc1NC(=O)c1ccc2nc(OCCNC(=O)OC(C)(C)C)ccc2c1. The Bertz CT molecular complexity index is 1710. The van der Waals surface area contributed by atoms with Gasteiger partial charge in [0.2, 0.25) is 5.88 Å². The number of anilines is 2.